The first-order valence-corrected chi connectivity index (χ1v) is 9.46. The SMILES string of the molecule is CC(C)[C@@](C)(C#N)NC(=O)[C@H](C)OC(=O)c1ccc(OCc2ccccc2)cc1. The van der Waals surface area contributed by atoms with Crippen LogP contribution in [0.5, 0.6) is 5.75 Å². The van der Waals surface area contributed by atoms with E-state index in [1.165, 1.54) is 6.92 Å². The van der Waals surface area contributed by atoms with Crippen LogP contribution >= 0.6 is 0 Å². The van der Waals surface area contributed by atoms with Gasteiger partial charge in [-0.1, -0.05) is 44.2 Å². The number of esters is 1. The molecule has 29 heavy (non-hydrogen) atoms. The maximum absolute atomic E-state index is 12.3. The molecule has 0 saturated carbocycles. The van der Waals surface area contributed by atoms with Crippen molar-refractivity contribution in [3.63, 3.8) is 0 Å². The number of nitrogens with zero attached hydrogens (tertiary/aromatic N) is 1. The summed E-state index contributed by atoms with van der Waals surface area (Å²) in [4.78, 5) is 24.6. The highest BCUT2D eigenvalue weighted by molar-refractivity contribution is 5.92. The zero-order valence-corrected chi connectivity index (χ0v) is 17.1. The summed E-state index contributed by atoms with van der Waals surface area (Å²) in [7, 11) is 0. The molecule has 6 heteroatoms. The Balaban J connectivity index is 1.91. The number of carbonyl (C=O) groups excluding carboxylic acids is 2. The minimum Gasteiger partial charge on any atom is -0.489 e. The summed E-state index contributed by atoms with van der Waals surface area (Å²) >= 11 is 0. The molecule has 2 aromatic rings. The van der Waals surface area contributed by atoms with E-state index in [1.807, 2.05) is 44.2 Å². The van der Waals surface area contributed by atoms with Crippen LogP contribution in [-0.4, -0.2) is 23.5 Å². The van der Waals surface area contributed by atoms with Crippen LogP contribution < -0.4 is 10.1 Å². The molecule has 0 aliphatic rings. The number of hydrogen-bond donors (Lipinski definition) is 1. The molecule has 0 bridgehead atoms. The van der Waals surface area contributed by atoms with E-state index < -0.39 is 23.5 Å². The summed E-state index contributed by atoms with van der Waals surface area (Å²) in [5.74, 6) is -0.606. The third-order valence-corrected chi connectivity index (χ3v) is 4.76. The number of hydrogen-bond acceptors (Lipinski definition) is 5. The van der Waals surface area contributed by atoms with E-state index in [0.29, 0.717) is 17.9 Å². The Bertz CT molecular complexity index is 872. The first kappa shape index (κ1) is 22.0. The summed E-state index contributed by atoms with van der Waals surface area (Å²) in [6.45, 7) is 7.21. The second-order valence-electron chi connectivity index (χ2n) is 7.30. The maximum atomic E-state index is 12.3. The van der Waals surface area contributed by atoms with Crippen LogP contribution in [0.3, 0.4) is 0 Å². The zero-order chi connectivity index (χ0) is 21.4. The summed E-state index contributed by atoms with van der Waals surface area (Å²) in [6.07, 6.45) is -1.03. The van der Waals surface area contributed by atoms with E-state index in [2.05, 4.69) is 11.4 Å². The highest BCUT2D eigenvalue weighted by atomic mass is 16.5. The van der Waals surface area contributed by atoms with E-state index >= 15 is 0 Å². The predicted octanol–water partition coefficient (Wildman–Crippen LogP) is 3.87. The fourth-order valence-electron chi connectivity index (χ4n) is 2.37. The Morgan fingerprint density at radius 1 is 1.07 bits per heavy atom. The van der Waals surface area contributed by atoms with Crippen molar-refractivity contribution in [3.05, 3.63) is 65.7 Å². The third kappa shape index (κ3) is 6.08. The van der Waals surface area contributed by atoms with Gasteiger partial charge in [0, 0.05) is 0 Å². The highest BCUT2D eigenvalue weighted by Crippen LogP contribution is 2.17. The largest absolute Gasteiger partial charge is 0.489 e. The minimum absolute atomic E-state index is 0.0946. The lowest BCUT2D eigenvalue weighted by Gasteiger charge is -2.28. The van der Waals surface area contributed by atoms with Crippen LogP contribution in [-0.2, 0) is 16.1 Å². The van der Waals surface area contributed by atoms with Gasteiger partial charge in [-0.05, 0) is 49.6 Å². The molecule has 1 N–H and O–H groups in total. The number of ether oxygens (including phenoxy) is 2. The van der Waals surface area contributed by atoms with Gasteiger partial charge in [0.2, 0.25) is 0 Å². The fraction of sp³-hybridized carbons (Fsp3) is 0.348. The van der Waals surface area contributed by atoms with Crippen molar-refractivity contribution in [1.29, 1.82) is 5.26 Å². The topological polar surface area (TPSA) is 88.4 Å². The van der Waals surface area contributed by atoms with Gasteiger partial charge in [-0.2, -0.15) is 5.26 Å². The molecule has 2 rings (SSSR count). The van der Waals surface area contributed by atoms with Crippen LogP contribution in [0, 0.1) is 17.2 Å². The molecule has 0 aliphatic carbocycles. The zero-order valence-electron chi connectivity index (χ0n) is 17.1. The van der Waals surface area contributed by atoms with Crippen molar-refractivity contribution in [2.75, 3.05) is 0 Å². The van der Waals surface area contributed by atoms with Crippen LogP contribution in [0.25, 0.3) is 0 Å². The lowest BCUT2D eigenvalue weighted by Crippen LogP contribution is -2.52. The van der Waals surface area contributed by atoms with E-state index in [0.717, 1.165) is 5.56 Å². The molecule has 0 saturated heterocycles. The molecule has 152 valence electrons. The molecule has 2 aromatic carbocycles. The number of amides is 1. The third-order valence-electron chi connectivity index (χ3n) is 4.76. The van der Waals surface area contributed by atoms with Crippen molar-refractivity contribution in [3.8, 4) is 11.8 Å². The van der Waals surface area contributed by atoms with Gasteiger partial charge in [-0.3, -0.25) is 4.79 Å². The molecule has 0 unspecified atom stereocenters. The monoisotopic (exact) mass is 394 g/mol. The second-order valence-corrected chi connectivity index (χ2v) is 7.30. The first-order valence-electron chi connectivity index (χ1n) is 9.46. The molecule has 0 aromatic heterocycles. The smallest absolute Gasteiger partial charge is 0.338 e. The summed E-state index contributed by atoms with van der Waals surface area (Å²) in [6, 6.07) is 18.4. The molecule has 0 fully saturated rings. The maximum Gasteiger partial charge on any atom is 0.338 e. The average molecular weight is 394 g/mol. The highest BCUT2D eigenvalue weighted by Gasteiger charge is 2.32. The molecular weight excluding hydrogens is 368 g/mol. The quantitative estimate of drug-likeness (QED) is 0.687. The first-order chi connectivity index (χ1) is 13.7. The van der Waals surface area contributed by atoms with Gasteiger partial charge in [0.25, 0.3) is 5.91 Å². The van der Waals surface area contributed by atoms with Crippen molar-refractivity contribution < 1.29 is 19.1 Å². The van der Waals surface area contributed by atoms with Gasteiger partial charge < -0.3 is 14.8 Å². The van der Waals surface area contributed by atoms with Crippen molar-refractivity contribution in [2.45, 2.75) is 45.9 Å². The normalized spacial score (nSPS) is 13.7. The molecule has 0 spiro atoms. The molecule has 0 radical (unpaired) electrons. The Morgan fingerprint density at radius 2 is 1.69 bits per heavy atom. The molecular formula is C23H26N2O4. The molecule has 0 aliphatic heterocycles. The molecule has 0 heterocycles. The minimum atomic E-state index is -1.03. The fourth-order valence-corrected chi connectivity index (χ4v) is 2.37. The van der Waals surface area contributed by atoms with E-state index in [-0.39, 0.29) is 5.92 Å². The van der Waals surface area contributed by atoms with Gasteiger partial charge in [-0.15, -0.1) is 0 Å². The van der Waals surface area contributed by atoms with Gasteiger partial charge in [-0.25, -0.2) is 4.79 Å². The second kappa shape index (κ2) is 9.74. The number of nitrogens with one attached hydrogen (secondary N) is 1. The van der Waals surface area contributed by atoms with Crippen LogP contribution in [0.4, 0.5) is 0 Å². The van der Waals surface area contributed by atoms with E-state index in [9.17, 15) is 14.9 Å². The molecule has 2 atom stereocenters. The van der Waals surface area contributed by atoms with Crippen molar-refractivity contribution in [2.24, 2.45) is 5.92 Å². The molecule has 6 nitrogen and oxygen atoms in total. The van der Waals surface area contributed by atoms with Crippen molar-refractivity contribution in [1.82, 2.24) is 5.32 Å². The summed E-state index contributed by atoms with van der Waals surface area (Å²) in [5.41, 5.74) is 0.320. The predicted molar refractivity (Wildman–Crippen MR) is 109 cm³/mol. The van der Waals surface area contributed by atoms with E-state index in [4.69, 9.17) is 9.47 Å². The van der Waals surface area contributed by atoms with Gasteiger partial charge in [0.05, 0.1) is 11.6 Å². The Kier molecular flexibility index (Phi) is 7.38. The number of rotatable bonds is 8. The Morgan fingerprint density at radius 3 is 2.24 bits per heavy atom. The van der Waals surface area contributed by atoms with Crippen molar-refractivity contribution >= 4 is 11.9 Å². The lowest BCUT2D eigenvalue weighted by atomic mass is 9.90. The lowest BCUT2D eigenvalue weighted by molar-refractivity contribution is -0.130. The summed E-state index contributed by atoms with van der Waals surface area (Å²) in [5, 5.41) is 11.9. The van der Waals surface area contributed by atoms with Crippen LogP contribution in [0.1, 0.15) is 43.6 Å². The summed E-state index contributed by atoms with van der Waals surface area (Å²) < 4.78 is 10.9. The van der Waals surface area contributed by atoms with E-state index in [1.54, 1.807) is 31.2 Å². The van der Waals surface area contributed by atoms with Crippen LogP contribution in [0.2, 0.25) is 0 Å². The van der Waals surface area contributed by atoms with Gasteiger partial charge in [0.1, 0.15) is 17.9 Å². The Hall–Kier alpha value is -3.33. The standard InChI is InChI=1S/C23H26N2O4/c1-16(2)23(4,15-24)25-21(26)17(3)29-22(27)19-10-12-20(13-11-19)28-14-18-8-6-5-7-9-18/h5-13,16-17H,14H2,1-4H3,(H,25,26)/t17-,23+/m0/s1. The van der Waals surface area contributed by atoms with Crippen LogP contribution in [0.15, 0.2) is 54.6 Å². The molecule has 1 amide bonds. The van der Waals surface area contributed by atoms with Gasteiger partial charge >= 0.3 is 5.97 Å². The number of carbonyl (C=O) groups is 2. The number of benzene rings is 2. The average Bonchev–Trinajstić information content (AvgIpc) is 2.72. The Labute approximate surface area is 171 Å². The number of nitriles is 1. The van der Waals surface area contributed by atoms with Gasteiger partial charge in [0.15, 0.2) is 6.10 Å².